The average Bonchev–Trinajstić information content (AvgIpc) is 3.86. The van der Waals surface area contributed by atoms with Crippen LogP contribution in [0.2, 0.25) is 0 Å². The summed E-state index contributed by atoms with van der Waals surface area (Å²) in [4.78, 5) is 0. The molecule has 1 N–H and O–H groups in total. The van der Waals surface area contributed by atoms with E-state index < -0.39 is 0 Å². The van der Waals surface area contributed by atoms with Gasteiger partial charge in [-0.15, -0.1) is 0 Å². The monoisotopic (exact) mass is 572 g/mol. The molecule has 0 radical (unpaired) electrons. The van der Waals surface area contributed by atoms with Crippen LogP contribution < -0.4 is 0 Å². The Kier molecular flexibility index (Phi) is 2.77. The molecule has 7 saturated carbocycles. The van der Waals surface area contributed by atoms with Crippen molar-refractivity contribution in [1.82, 2.24) is 0 Å². The van der Waals surface area contributed by atoms with E-state index >= 15 is 0 Å². The molecule has 16 rings (SSSR count). The van der Waals surface area contributed by atoms with Crippen LogP contribution in [-0.4, -0.2) is 24.4 Å². The summed E-state index contributed by atoms with van der Waals surface area (Å²) in [5, 5.41) is 12.2. The largest absolute Gasteiger partial charge is 0.395 e. The lowest BCUT2D eigenvalue weighted by Crippen LogP contribution is -2.63. The van der Waals surface area contributed by atoms with Gasteiger partial charge in [-0.05, 0) is 158 Å². The molecule has 0 heterocycles. The van der Waals surface area contributed by atoms with Crippen LogP contribution in [0.1, 0.15) is 12.8 Å². The maximum Gasteiger partial charge on any atom is 0.105 e. The Morgan fingerprint density at radius 3 is 1.41 bits per heavy atom. The zero-order valence-electron chi connectivity index (χ0n) is 25.0. The number of hydrogen-bond acceptors (Lipinski definition) is 2. The van der Waals surface area contributed by atoms with Crippen molar-refractivity contribution in [2.75, 3.05) is 13.7 Å². The summed E-state index contributed by atoms with van der Waals surface area (Å²) >= 11 is 0. The minimum Gasteiger partial charge on any atom is -0.395 e. The molecule has 2 nitrogen and oxygen atoms in total. The molecule has 0 aromatic rings. The van der Waals surface area contributed by atoms with E-state index in [0.717, 1.165) is 11.8 Å². The van der Waals surface area contributed by atoms with Gasteiger partial charge in [0, 0.05) is 7.11 Å². The maximum absolute atomic E-state index is 12.2. The van der Waals surface area contributed by atoms with Crippen molar-refractivity contribution < 1.29 is 9.84 Å². The van der Waals surface area contributed by atoms with E-state index in [9.17, 15) is 5.11 Å². The molecule has 20 atom stereocenters. The summed E-state index contributed by atoms with van der Waals surface area (Å²) < 4.78 is 7.32. The highest BCUT2D eigenvalue weighted by Gasteiger charge is 2.84. The number of rotatable bonds is 2. The van der Waals surface area contributed by atoms with E-state index in [1.165, 1.54) is 12.8 Å². The molecule has 2 heteroatoms. The van der Waals surface area contributed by atoms with E-state index in [2.05, 4.69) is 55.7 Å². The Bertz CT molecular complexity index is 1900. The van der Waals surface area contributed by atoms with Crippen LogP contribution in [0, 0.1) is 112 Å². The molecule has 16 aliphatic rings. The van der Waals surface area contributed by atoms with Gasteiger partial charge in [0.2, 0.25) is 0 Å². The fourth-order valence-electron chi connectivity index (χ4n) is 19.0. The van der Waals surface area contributed by atoms with Crippen molar-refractivity contribution in [2.24, 2.45) is 112 Å². The fraction of sp³-hybridized carbons (Fsp3) is 0.571. The smallest absolute Gasteiger partial charge is 0.105 e. The fourth-order valence-corrected chi connectivity index (χ4v) is 19.0. The normalized spacial score (nSPS) is 65.8. The van der Waals surface area contributed by atoms with Crippen LogP contribution in [0.4, 0.5) is 0 Å². The second kappa shape index (κ2) is 5.70. The molecule has 216 valence electrons. The molecular weight excluding hydrogens is 536 g/mol. The maximum atomic E-state index is 12.2. The molecule has 16 aliphatic carbocycles. The Labute approximate surface area is 257 Å². The summed E-state index contributed by atoms with van der Waals surface area (Å²) in [6.45, 7) is 0.268. The Balaban J connectivity index is 1.20. The molecule has 0 aromatic carbocycles. The van der Waals surface area contributed by atoms with Gasteiger partial charge in [-0.25, -0.2) is 0 Å². The van der Waals surface area contributed by atoms with Crippen molar-refractivity contribution in [1.29, 1.82) is 0 Å². The summed E-state index contributed by atoms with van der Waals surface area (Å²) in [7, 11) is 2.08. The third kappa shape index (κ3) is 1.45. The molecule has 0 saturated heterocycles. The SMILES string of the molecule is COC12C3=C4C5=C6C7C8C=CC9C%10C=CC%11C%12C=CC%13C%14C(=C4C4=C(C%11C%10C(=C45)C97)C%12%14)C1(CO)C%13CCC2C1C=CC8C6C31. The van der Waals surface area contributed by atoms with Gasteiger partial charge in [-0.3, -0.25) is 0 Å². The van der Waals surface area contributed by atoms with Crippen molar-refractivity contribution in [3.05, 3.63) is 104 Å². The molecule has 44 heavy (non-hydrogen) atoms. The summed E-state index contributed by atoms with van der Waals surface area (Å²) in [5.74, 6) is 11.3. The zero-order valence-corrected chi connectivity index (χ0v) is 25.0. The first-order valence-corrected chi connectivity index (χ1v) is 18.4. The van der Waals surface area contributed by atoms with Gasteiger partial charge in [-0.1, -0.05) is 65.3 Å². The minimum atomic E-state index is -0.349. The number of fused-ring (bicyclic) bond motifs is 5. The molecule has 0 amide bonds. The second-order valence-electron chi connectivity index (χ2n) is 18.3. The van der Waals surface area contributed by atoms with E-state index in [0.29, 0.717) is 94.7 Å². The lowest BCUT2D eigenvalue weighted by molar-refractivity contribution is -0.164. The van der Waals surface area contributed by atoms with Gasteiger partial charge in [0.25, 0.3) is 0 Å². The highest BCUT2D eigenvalue weighted by molar-refractivity contribution is 5.92. The van der Waals surface area contributed by atoms with E-state index in [1.54, 1.807) is 39.0 Å². The Morgan fingerprint density at radius 1 is 0.523 bits per heavy atom. The van der Waals surface area contributed by atoms with Gasteiger partial charge in [0.15, 0.2) is 0 Å². The lowest BCUT2D eigenvalue weighted by atomic mass is 9.48. The van der Waals surface area contributed by atoms with Gasteiger partial charge in [0.1, 0.15) is 5.60 Å². The quantitative estimate of drug-likeness (QED) is 0.403. The topological polar surface area (TPSA) is 29.5 Å². The standard InChI is InChI=1S/C42H36O2/c1-44-42-22-11-10-21-19-8-6-17-15-4-2-13-14-3-5-16-18-7-9-20(22)30-28(18)33-26(16)24(14)31-23(13)25(15)32-27(17)29(19)39(41(21,42)12-43)37-35(32)34(31)36(33)38(37)40(30)42/h2-9,13-30,43H,10-12H2,1H3. The van der Waals surface area contributed by atoms with Gasteiger partial charge in [0.05, 0.1) is 12.0 Å². The molecule has 0 aromatic heterocycles. The molecule has 0 spiro atoms. The number of methoxy groups -OCH3 is 1. The van der Waals surface area contributed by atoms with E-state index in [1.807, 2.05) is 16.7 Å². The Hall–Kier alpha value is -2.42. The summed E-state index contributed by atoms with van der Waals surface area (Å²) in [5.41, 5.74) is 17.5. The van der Waals surface area contributed by atoms with Crippen molar-refractivity contribution >= 4 is 0 Å². The van der Waals surface area contributed by atoms with Crippen LogP contribution in [-0.2, 0) is 4.74 Å². The first-order valence-electron chi connectivity index (χ1n) is 18.4. The number of ether oxygens (including phenoxy) is 1. The van der Waals surface area contributed by atoms with Crippen LogP contribution in [0.15, 0.2) is 104 Å². The van der Waals surface area contributed by atoms with Crippen molar-refractivity contribution in [3.8, 4) is 0 Å². The minimum absolute atomic E-state index is 0.266. The second-order valence-corrected chi connectivity index (χ2v) is 18.3. The number of allylic oxidation sites excluding steroid dienone is 16. The predicted molar refractivity (Wildman–Crippen MR) is 163 cm³/mol. The van der Waals surface area contributed by atoms with E-state index in [-0.39, 0.29) is 17.6 Å². The predicted octanol–water partition coefficient (Wildman–Crippen LogP) is 6.15. The zero-order chi connectivity index (χ0) is 27.7. The average molecular weight is 573 g/mol. The van der Waals surface area contributed by atoms with Crippen LogP contribution in [0.5, 0.6) is 0 Å². The first-order chi connectivity index (χ1) is 21.8. The first kappa shape index (κ1) is 21.4. The third-order valence-electron chi connectivity index (χ3n) is 18.9. The molecular formula is C42H36O2. The summed E-state index contributed by atoms with van der Waals surface area (Å²) in [6.07, 6.45) is 24.5. The van der Waals surface area contributed by atoms with Gasteiger partial charge >= 0.3 is 0 Å². The van der Waals surface area contributed by atoms with Crippen LogP contribution in [0.3, 0.4) is 0 Å². The van der Waals surface area contributed by atoms with Crippen LogP contribution >= 0.6 is 0 Å². The number of hydrogen-bond donors (Lipinski definition) is 1. The highest BCUT2D eigenvalue weighted by Crippen LogP contribution is 2.88. The van der Waals surface area contributed by atoms with Crippen molar-refractivity contribution in [2.45, 2.75) is 18.4 Å². The van der Waals surface area contributed by atoms with Gasteiger partial charge in [-0.2, -0.15) is 0 Å². The Morgan fingerprint density at radius 2 is 0.909 bits per heavy atom. The number of aliphatic hydroxyl groups excluding tert-OH is 1. The third-order valence-corrected chi connectivity index (χ3v) is 18.9. The molecule has 0 aliphatic heterocycles. The molecule has 0 bridgehead atoms. The molecule has 20 unspecified atom stereocenters. The van der Waals surface area contributed by atoms with Crippen LogP contribution in [0.25, 0.3) is 0 Å². The molecule has 7 fully saturated rings. The summed E-state index contributed by atoms with van der Waals surface area (Å²) in [6, 6.07) is 0. The highest BCUT2D eigenvalue weighted by atomic mass is 16.5. The van der Waals surface area contributed by atoms with Gasteiger partial charge < -0.3 is 9.84 Å². The lowest BCUT2D eigenvalue weighted by Gasteiger charge is -2.60. The van der Waals surface area contributed by atoms with Crippen molar-refractivity contribution in [3.63, 3.8) is 0 Å². The number of aliphatic hydroxyl groups is 1. The van der Waals surface area contributed by atoms with E-state index in [4.69, 9.17) is 4.74 Å².